The van der Waals surface area contributed by atoms with Crippen LogP contribution in [0, 0.1) is 0 Å². The second kappa shape index (κ2) is 7.32. The van der Waals surface area contributed by atoms with E-state index in [1.165, 1.54) is 4.90 Å². The number of aliphatic hydroxyl groups excluding tert-OH is 1. The Morgan fingerprint density at radius 1 is 1.35 bits per heavy atom. The lowest BCUT2D eigenvalue weighted by atomic mass is 10.2. The quantitative estimate of drug-likeness (QED) is 0.676. The molecule has 6 nitrogen and oxygen atoms in total. The molecule has 1 N–H and O–H groups in total. The number of hydrogen-bond acceptors (Lipinski definition) is 5. The zero-order valence-corrected chi connectivity index (χ0v) is 11.9. The van der Waals surface area contributed by atoms with Crippen LogP contribution in [0.5, 0.6) is 0 Å². The number of ether oxygens (including phenoxy) is 2. The summed E-state index contributed by atoms with van der Waals surface area (Å²) in [7, 11) is 0. The second-order valence-corrected chi connectivity index (χ2v) is 4.90. The summed E-state index contributed by atoms with van der Waals surface area (Å²) in [6.45, 7) is -0.0501. The minimum Gasteiger partial charge on any atom is -0.445 e. The van der Waals surface area contributed by atoms with Crippen molar-refractivity contribution in [1.29, 1.82) is 0 Å². The molecule has 1 aromatic carbocycles. The molecule has 1 fully saturated rings. The summed E-state index contributed by atoms with van der Waals surface area (Å²) >= 11 is 0. The van der Waals surface area contributed by atoms with Crippen LogP contribution in [0.1, 0.15) is 5.56 Å². The molecular weight excluding hydrogens is 317 g/mol. The van der Waals surface area contributed by atoms with Gasteiger partial charge in [-0.15, -0.1) is 13.2 Å². The van der Waals surface area contributed by atoms with Crippen molar-refractivity contribution in [3.05, 3.63) is 35.9 Å². The lowest BCUT2D eigenvalue weighted by Crippen LogP contribution is -2.30. The molecule has 1 amide bonds. The summed E-state index contributed by atoms with van der Waals surface area (Å²) in [5.41, 5.74) is 0.800. The molecule has 1 aromatic rings. The average Bonchev–Trinajstić information content (AvgIpc) is 2.86. The zero-order valence-electron chi connectivity index (χ0n) is 11.9. The normalized spacial score (nSPS) is 21.7. The van der Waals surface area contributed by atoms with Crippen LogP contribution in [0.15, 0.2) is 35.3 Å². The molecule has 0 aromatic heterocycles. The minimum absolute atomic E-state index is 0.0491. The predicted molar refractivity (Wildman–Crippen MR) is 73.6 cm³/mol. The van der Waals surface area contributed by atoms with Crippen molar-refractivity contribution in [3.63, 3.8) is 0 Å². The standard InChI is InChI=1S/C14H15F3N2O4/c15-14(16,17)23-9-18-11-6-19(7-12(11)20)13(21)22-8-10-4-2-1-3-5-10/h1-5,9,11-12,20H,6-8H2/b18-9+/t11-,12-/m0/s1. The van der Waals surface area contributed by atoms with E-state index in [2.05, 4.69) is 9.73 Å². The fourth-order valence-electron chi connectivity index (χ4n) is 2.04. The van der Waals surface area contributed by atoms with Crippen LogP contribution in [-0.2, 0) is 16.1 Å². The minimum atomic E-state index is -4.83. The fourth-order valence-corrected chi connectivity index (χ4v) is 2.04. The van der Waals surface area contributed by atoms with Gasteiger partial charge in [0.25, 0.3) is 0 Å². The largest absolute Gasteiger partial charge is 0.573 e. The first kappa shape index (κ1) is 17.1. The summed E-state index contributed by atoms with van der Waals surface area (Å²) in [5, 5.41) is 9.72. The Morgan fingerprint density at radius 2 is 2.04 bits per heavy atom. The molecule has 0 aliphatic carbocycles. The van der Waals surface area contributed by atoms with Gasteiger partial charge in [-0.05, 0) is 5.56 Å². The number of likely N-dealkylation sites (tertiary alicyclic amines) is 1. The van der Waals surface area contributed by atoms with E-state index in [0.717, 1.165) is 5.56 Å². The second-order valence-electron chi connectivity index (χ2n) is 4.90. The van der Waals surface area contributed by atoms with Crippen LogP contribution in [0.3, 0.4) is 0 Å². The third-order valence-electron chi connectivity index (χ3n) is 3.16. The zero-order chi connectivity index (χ0) is 16.9. The van der Waals surface area contributed by atoms with Crippen LogP contribution in [-0.4, -0.2) is 54.1 Å². The van der Waals surface area contributed by atoms with E-state index in [1.54, 1.807) is 24.3 Å². The molecule has 1 aliphatic heterocycles. The number of rotatable bonds is 4. The van der Waals surface area contributed by atoms with Gasteiger partial charge in [-0.3, -0.25) is 4.99 Å². The molecule has 9 heteroatoms. The van der Waals surface area contributed by atoms with Gasteiger partial charge in [0.05, 0.1) is 18.7 Å². The average molecular weight is 332 g/mol. The van der Waals surface area contributed by atoms with E-state index in [4.69, 9.17) is 4.74 Å². The molecule has 1 saturated heterocycles. The SMILES string of the molecule is O=C(OCc1ccccc1)N1C[C@H](/N=C/OC(F)(F)F)[C@@H](O)C1. The molecule has 126 valence electrons. The fraction of sp³-hybridized carbons (Fsp3) is 0.429. The highest BCUT2D eigenvalue weighted by Gasteiger charge is 2.35. The van der Waals surface area contributed by atoms with Gasteiger partial charge < -0.3 is 19.5 Å². The Kier molecular flexibility index (Phi) is 5.43. The molecule has 23 heavy (non-hydrogen) atoms. The molecule has 0 radical (unpaired) electrons. The van der Waals surface area contributed by atoms with Gasteiger partial charge in [0, 0.05) is 6.54 Å². The van der Waals surface area contributed by atoms with E-state index in [9.17, 15) is 23.1 Å². The number of carbonyl (C=O) groups excluding carboxylic acids is 1. The Morgan fingerprint density at radius 3 is 2.70 bits per heavy atom. The monoisotopic (exact) mass is 332 g/mol. The first-order chi connectivity index (χ1) is 10.8. The van der Waals surface area contributed by atoms with Crippen molar-refractivity contribution >= 4 is 12.5 Å². The number of nitrogens with zero attached hydrogens (tertiary/aromatic N) is 2. The van der Waals surface area contributed by atoms with Gasteiger partial charge in [-0.25, -0.2) is 4.79 Å². The number of aliphatic hydroxyl groups is 1. The summed E-state index contributed by atoms with van der Waals surface area (Å²) in [5.74, 6) is 0. The van der Waals surface area contributed by atoms with Gasteiger partial charge in [0.1, 0.15) is 6.61 Å². The van der Waals surface area contributed by atoms with Gasteiger partial charge in [0.2, 0.25) is 0 Å². The van der Waals surface area contributed by atoms with Crippen LogP contribution < -0.4 is 0 Å². The molecule has 0 bridgehead atoms. The van der Waals surface area contributed by atoms with Crippen LogP contribution in [0.2, 0.25) is 0 Å². The van der Waals surface area contributed by atoms with Gasteiger partial charge in [-0.2, -0.15) is 0 Å². The lowest BCUT2D eigenvalue weighted by Gasteiger charge is -2.15. The first-order valence-electron chi connectivity index (χ1n) is 6.75. The summed E-state index contributed by atoms with van der Waals surface area (Å²) in [6, 6.07) is 8.11. The van der Waals surface area contributed by atoms with Crippen molar-refractivity contribution in [2.45, 2.75) is 25.1 Å². The van der Waals surface area contributed by atoms with Crippen molar-refractivity contribution in [2.24, 2.45) is 4.99 Å². The topological polar surface area (TPSA) is 71.4 Å². The molecular formula is C14H15F3N2O4. The highest BCUT2D eigenvalue weighted by Crippen LogP contribution is 2.17. The molecule has 0 unspecified atom stereocenters. The summed E-state index contributed by atoms with van der Waals surface area (Å²) in [6.07, 6.45) is -6.34. The highest BCUT2D eigenvalue weighted by molar-refractivity contribution is 5.68. The number of carbonyl (C=O) groups is 1. The van der Waals surface area contributed by atoms with Crippen molar-refractivity contribution < 1.29 is 32.5 Å². The highest BCUT2D eigenvalue weighted by atomic mass is 19.4. The number of halogens is 3. The summed E-state index contributed by atoms with van der Waals surface area (Å²) in [4.78, 5) is 16.5. The molecule has 2 rings (SSSR count). The molecule has 1 heterocycles. The Hall–Kier alpha value is -2.29. The molecule has 0 spiro atoms. The Labute approximate surface area is 130 Å². The van der Waals surface area contributed by atoms with E-state index >= 15 is 0 Å². The van der Waals surface area contributed by atoms with Crippen LogP contribution >= 0.6 is 0 Å². The number of β-amino-alcohol motifs (C(OH)–C–C–N with tert-alkyl or cyclic N) is 1. The first-order valence-corrected chi connectivity index (χ1v) is 6.75. The molecule has 1 aliphatic rings. The van der Waals surface area contributed by atoms with E-state index in [-0.39, 0.29) is 26.1 Å². The molecule has 2 atom stereocenters. The maximum Gasteiger partial charge on any atom is 0.573 e. The van der Waals surface area contributed by atoms with Gasteiger partial charge in [-0.1, -0.05) is 30.3 Å². The van der Waals surface area contributed by atoms with Crippen molar-refractivity contribution in [3.8, 4) is 0 Å². The maximum absolute atomic E-state index is 11.9. The number of alkyl halides is 3. The van der Waals surface area contributed by atoms with Gasteiger partial charge in [0.15, 0.2) is 6.40 Å². The van der Waals surface area contributed by atoms with E-state index in [0.29, 0.717) is 0 Å². The number of amides is 1. The van der Waals surface area contributed by atoms with E-state index in [1.807, 2.05) is 6.07 Å². The van der Waals surface area contributed by atoms with Crippen molar-refractivity contribution in [1.82, 2.24) is 4.90 Å². The predicted octanol–water partition coefficient (Wildman–Crippen LogP) is 1.93. The Balaban J connectivity index is 1.81. The third-order valence-corrected chi connectivity index (χ3v) is 3.16. The van der Waals surface area contributed by atoms with Crippen molar-refractivity contribution in [2.75, 3.05) is 13.1 Å². The maximum atomic E-state index is 11.9. The number of hydrogen-bond donors (Lipinski definition) is 1. The smallest absolute Gasteiger partial charge is 0.445 e. The third kappa shape index (κ3) is 5.44. The molecule has 0 saturated carbocycles. The van der Waals surface area contributed by atoms with Gasteiger partial charge >= 0.3 is 12.5 Å². The van der Waals surface area contributed by atoms with E-state index < -0.39 is 24.6 Å². The Bertz CT molecular complexity index is 551. The number of benzene rings is 1. The summed E-state index contributed by atoms with van der Waals surface area (Å²) < 4.78 is 44.0. The van der Waals surface area contributed by atoms with Crippen LogP contribution in [0.4, 0.5) is 18.0 Å². The van der Waals surface area contributed by atoms with Crippen LogP contribution in [0.25, 0.3) is 0 Å². The number of aliphatic imine (C=N–C) groups is 1. The lowest BCUT2D eigenvalue weighted by molar-refractivity contribution is -0.280.